The first-order valence-electron chi connectivity index (χ1n) is 7.13. The zero-order valence-corrected chi connectivity index (χ0v) is 13.0. The molecule has 1 unspecified atom stereocenters. The molecule has 2 atom stereocenters. The Balaban J connectivity index is 4.03. The Labute approximate surface area is 113 Å². The van der Waals surface area contributed by atoms with Crippen LogP contribution < -0.4 is 11.1 Å². The lowest BCUT2D eigenvalue weighted by atomic mass is 9.82. The van der Waals surface area contributed by atoms with E-state index in [1.807, 2.05) is 0 Å². The summed E-state index contributed by atoms with van der Waals surface area (Å²) in [6, 6.07) is 0. The molecule has 18 heavy (non-hydrogen) atoms. The molecule has 0 aliphatic carbocycles. The molecule has 0 aromatic heterocycles. The number of hydrogen-bond acceptors (Lipinski definition) is 2. The third kappa shape index (κ3) is 7.70. The van der Waals surface area contributed by atoms with Gasteiger partial charge in [0.25, 0.3) is 0 Å². The Hall–Kier alpha value is -0.570. The van der Waals surface area contributed by atoms with Gasteiger partial charge in [-0.05, 0) is 36.1 Å². The molecule has 0 spiro atoms. The molecule has 0 bridgehead atoms. The van der Waals surface area contributed by atoms with Crippen LogP contribution in [0.2, 0.25) is 0 Å². The first-order chi connectivity index (χ1) is 8.16. The second-order valence-corrected chi connectivity index (χ2v) is 7.01. The highest BCUT2D eigenvalue weighted by molar-refractivity contribution is 5.76. The first-order valence-corrected chi connectivity index (χ1v) is 7.13. The minimum absolute atomic E-state index is 0.141. The summed E-state index contributed by atoms with van der Waals surface area (Å²) in [5.41, 5.74) is 5.95. The van der Waals surface area contributed by atoms with Crippen molar-refractivity contribution in [1.82, 2.24) is 5.32 Å². The molecule has 0 aliphatic rings. The van der Waals surface area contributed by atoms with Crippen molar-refractivity contribution in [3.8, 4) is 0 Å². The number of rotatable bonds is 7. The summed E-state index contributed by atoms with van der Waals surface area (Å²) < 4.78 is 0. The highest BCUT2D eigenvalue weighted by atomic mass is 16.1. The van der Waals surface area contributed by atoms with Crippen LogP contribution in [-0.2, 0) is 4.79 Å². The first kappa shape index (κ1) is 17.4. The van der Waals surface area contributed by atoms with E-state index in [1.54, 1.807) is 0 Å². The van der Waals surface area contributed by atoms with Crippen LogP contribution in [0.3, 0.4) is 0 Å². The normalized spacial score (nSPS) is 15.6. The Morgan fingerprint density at radius 2 is 1.78 bits per heavy atom. The highest BCUT2D eigenvalue weighted by Crippen LogP contribution is 2.24. The van der Waals surface area contributed by atoms with Crippen molar-refractivity contribution in [3.05, 3.63) is 0 Å². The van der Waals surface area contributed by atoms with Crippen molar-refractivity contribution in [2.75, 3.05) is 13.1 Å². The Bertz CT molecular complexity index is 243. The Morgan fingerprint density at radius 1 is 1.22 bits per heavy atom. The number of nitrogens with two attached hydrogens (primary N) is 1. The molecule has 108 valence electrons. The summed E-state index contributed by atoms with van der Waals surface area (Å²) in [6.45, 7) is 14.5. The molecule has 3 N–H and O–H groups in total. The van der Waals surface area contributed by atoms with Gasteiger partial charge in [-0.1, -0.05) is 41.5 Å². The van der Waals surface area contributed by atoms with E-state index in [0.29, 0.717) is 30.7 Å². The van der Waals surface area contributed by atoms with E-state index in [9.17, 15) is 4.79 Å². The van der Waals surface area contributed by atoms with Gasteiger partial charge in [0.2, 0.25) is 5.91 Å². The molecular weight excluding hydrogens is 224 g/mol. The SMILES string of the molecule is CC(C)C[C@H](CN)CC(=O)NCC(C)C(C)(C)C. The monoisotopic (exact) mass is 256 g/mol. The van der Waals surface area contributed by atoms with Gasteiger partial charge in [-0.25, -0.2) is 0 Å². The van der Waals surface area contributed by atoms with E-state index >= 15 is 0 Å². The zero-order valence-electron chi connectivity index (χ0n) is 13.0. The van der Waals surface area contributed by atoms with Crippen molar-refractivity contribution in [2.24, 2.45) is 28.9 Å². The molecule has 3 nitrogen and oxygen atoms in total. The van der Waals surface area contributed by atoms with Crippen molar-refractivity contribution in [3.63, 3.8) is 0 Å². The minimum Gasteiger partial charge on any atom is -0.356 e. The number of hydrogen-bond donors (Lipinski definition) is 2. The van der Waals surface area contributed by atoms with Gasteiger partial charge in [0.1, 0.15) is 0 Å². The smallest absolute Gasteiger partial charge is 0.220 e. The minimum atomic E-state index is 0.141. The summed E-state index contributed by atoms with van der Waals surface area (Å²) in [7, 11) is 0. The van der Waals surface area contributed by atoms with Crippen LogP contribution in [0, 0.1) is 23.2 Å². The van der Waals surface area contributed by atoms with Crippen LogP contribution in [0.5, 0.6) is 0 Å². The molecule has 0 radical (unpaired) electrons. The number of carbonyl (C=O) groups is 1. The van der Waals surface area contributed by atoms with Gasteiger partial charge in [-0.15, -0.1) is 0 Å². The number of amides is 1. The van der Waals surface area contributed by atoms with E-state index in [2.05, 4.69) is 46.9 Å². The number of nitrogens with one attached hydrogen (secondary N) is 1. The highest BCUT2D eigenvalue weighted by Gasteiger charge is 2.21. The van der Waals surface area contributed by atoms with Gasteiger partial charge >= 0.3 is 0 Å². The second-order valence-electron chi connectivity index (χ2n) is 7.01. The lowest BCUT2D eigenvalue weighted by Crippen LogP contribution is -2.35. The van der Waals surface area contributed by atoms with Crippen LogP contribution in [0.25, 0.3) is 0 Å². The van der Waals surface area contributed by atoms with E-state index in [1.165, 1.54) is 0 Å². The second kappa shape index (κ2) is 7.78. The fourth-order valence-corrected chi connectivity index (χ4v) is 1.84. The quantitative estimate of drug-likeness (QED) is 0.736. The van der Waals surface area contributed by atoms with Gasteiger partial charge in [-0.3, -0.25) is 4.79 Å². The predicted octanol–water partition coefficient (Wildman–Crippen LogP) is 2.80. The van der Waals surface area contributed by atoms with Crippen LogP contribution in [0.4, 0.5) is 0 Å². The van der Waals surface area contributed by atoms with Gasteiger partial charge in [0, 0.05) is 13.0 Å². The molecule has 1 amide bonds. The molecule has 0 heterocycles. The predicted molar refractivity (Wildman–Crippen MR) is 78.2 cm³/mol. The maximum absolute atomic E-state index is 11.9. The summed E-state index contributed by atoms with van der Waals surface area (Å²) in [5.74, 6) is 1.53. The average molecular weight is 256 g/mol. The van der Waals surface area contributed by atoms with Gasteiger partial charge in [0.15, 0.2) is 0 Å². The van der Waals surface area contributed by atoms with Crippen molar-refractivity contribution in [2.45, 2.75) is 54.4 Å². The lowest BCUT2D eigenvalue weighted by molar-refractivity contribution is -0.122. The topological polar surface area (TPSA) is 55.1 Å². The van der Waals surface area contributed by atoms with E-state index < -0.39 is 0 Å². The maximum atomic E-state index is 11.9. The van der Waals surface area contributed by atoms with Gasteiger partial charge in [-0.2, -0.15) is 0 Å². The van der Waals surface area contributed by atoms with Crippen LogP contribution >= 0.6 is 0 Å². The molecule has 0 aromatic rings. The molecule has 0 saturated heterocycles. The molecule has 0 saturated carbocycles. The van der Waals surface area contributed by atoms with Crippen LogP contribution in [0.15, 0.2) is 0 Å². The summed E-state index contributed by atoms with van der Waals surface area (Å²) in [6.07, 6.45) is 1.59. The third-order valence-corrected chi connectivity index (χ3v) is 3.70. The lowest BCUT2D eigenvalue weighted by Gasteiger charge is -2.27. The third-order valence-electron chi connectivity index (χ3n) is 3.70. The van der Waals surface area contributed by atoms with Crippen LogP contribution in [-0.4, -0.2) is 19.0 Å². The molecular formula is C15H32N2O. The van der Waals surface area contributed by atoms with E-state index in [-0.39, 0.29) is 11.3 Å². The summed E-state index contributed by atoms with van der Waals surface area (Å²) in [5, 5.41) is 3.03. The Morgan fingerprint density at radius 3 is 2.17 bits per heavy atom. The van der Waals surface area contributed by atoms with Crippen LogP contribution in [0.1, 0.15) is 54.4 Å². The van der Waals surface area contributed by atoms with Gasteiger partial charge < -0.3 is 11.1 Å². The van der Waals surface area contributed by atoms with E-state index in [4.69, 9.17) is 5.73 Å². The zero-order chi connectivity index (χ0) is 14.3. The fourth-order valence-electron chi connectivity index (χ4n) is 1.84. The summed E-state index contributed by atoms with van der Waals surface area (Å²) >= 11 is 0. The Kier molecular flexibility index (Phi) is 7.53. The number of carbonyl (C=O) groups excluding carboxylic acids is 1. The van der Waals surface area contributed by atoms with Crippen molar-refractivity contribution < 1.29 is 4.79 Å². The molecule has 0 rings (SSSR count). The molecule has 0 aromatic carbocycles. The summed E-state index contributed by atoms with van der Waals surface area (Å²) in [4.78, 5) is 11.9. The largest absolute Gasteiger partial charge is 0.356 e. The molecule has 3 heteroatoms. The van der Waals surface area contributed by atoms with E-state index in [0.717, 1.165) is 13.0 Å². The van der Waals surface area contributed by atoms with Crippen molar-refractivity contribution >= 4 is 5.91 Å². The van der Waals surface area contributed by atoms with Crippen molar-refractivity contribution in [1.29, 1.82) is 0 Å². The average Bonchev–Trinajstić information content (AvgIpc) is 2.22. The maximum Gasteiger partial charge on any atom is 0.220 e. The molecule has 0 aliphatic heterocycles. The van der Waals surface area contributed by atoms with Gasteiger partial charge in [0.05, 0.1) is 0 Å². The standard InChI is InChI=1S/C15H32N2O/c1-11(2)7-13(9-16)8-14(18)17-10-12(3)15(4,5)6/h11-13H,7-10,16H2,1-6H3,(H,17,18)/t12?,13-/m0/s1. The fraction of sp³-hybridized carbons (Fsp3) is 0.933. The molecule has 0 fully saturated rings.